The van der Waals surface area contributed by atoms with Gasteiger partial charge in [-0.2, -0.15) is 0 Å². The van der Waals surface area contributed by atoms with Crippen LogP contribution in [0.4, 0.5) is 4.39 Å². The summed E-state index contributed by atoms with van der Waals surface area (Å²) in [4.78, 5) is 4.57. The third-order valence-electron chi connectivity index (χ3n) is 4.82. The standard InChI is InChI=1S/C21H22FNO/c1-3-21(4-2,15-22)19-10-7-11-20(23-19)24-18-13-12-16-8-5-6-9-17(16)14-18/h5-14H,3-4,15H2,1-2H3. The van der Waals surface area contributed by atoms with E-state index in [0.717, 1.165) is 16.8 Å². The van der Waals surface area contributed by atoms with Crippen LogP contribution in [-0.4, -0.2) is 11.7 Å². The molecular weight excluding hydrogens is 301 g/mol. The van der Waals surface area contributed by atoms with Crippen molar-refractivity contribution in [3.05, 3.63) is 66.4 Å². The summed E-state index contributed by atoms with van der Waals surface area (Å²) in [6.45, 7) is 3.59. The zero-order chi connectivity index (χ0) is 17.0. The largest absolute Gasteiger partial charge is 0.439 e. The number of benzene rings is 2. The Hall–Kier alpha value is -2.42. The van der Waals surface area contributed by atoms with Crippen LogP contribution in [0.3, 0.4) is 0 Å². The van der Waals surface area contributed by atoms with Crippen molar-refractivity contribution in [2.24, 2.45) is 0 Å². The minimum absolute atomic E-state index is 0.410. The highest BCUT2D eigenvalue weighted by atomic mass is 19.1. The first kappa shape index (κ1) is 16.4. The SMILES string of the molecule is CCC(CC)(CF)c1cccc(Oc2ccc3ccccc3c2)n1. The van der Waals surface area contributed by atoms with Gasteiger partial charge < -0.3 is 4.74 Å². The molecule has 0 aliphatic heterocycles. The van der Waals surface area contributed by atoms with Crippen molar-refractivity contribution in [2.75, 3.05) is 6.67 Å². The topological polar surface area (TPSA) is 22.1 Å². The lowest BCUT2D eigenvalue weighted by Gasteiger charge is -2.27. The molecule has 0 bridgehead atoms. The summed E-state index contributed by atoms with van der Waals surface area (Å²) in [5.74, 6) is 1.24. The number of fused-ring (bicyclic) bond motifs is 1. The number of halogens is 1. The molecule has 3 heteroatoms. The molecule has 3 aromatic rings. The Kier molecular flexibility index (Phi) is 4.79. The van der Waals surface area contributed by atoms with Gasteiger partial charge in [0.25, 0.3) is 0 Å². The molecule has 0 N–H and O–H groups in total. The van der Waals surface area contributed by atoms with Gasteiger partial charge in [0.15, 0.2) is 0 Å². The Labute approximate surface area is 142 Å². The fourth-order valence-electron chi connectivity index (χ4n) is 2.99. The average molecular weight is 323 g/mol. The van der Waals surface area contributed by atoms with Crippen LogP contribution in [0.1, 0.15) is 32.4 Å². The molecule has 0 saturated heterocycles. The number of alkyl halides is 1. The Bertz CT molecular complexity index is 818. The van der Waals surface area contributed by atoms with E-state index < -0.39 is 12.1 Å². The molecule has 24 heavy (non-hydrogen) atoms. The molecule has 2 aromatic carbocycles. The molecule has 0 unspecified atom stereocenters. The maximum absolute atomic E-state index is 13.7. The van der Waals surface area contributed by atoms with Crippen molar-refractivity contribution in [1.29, 1.82) is 0 Å². The number of ether oxygens (including phenoxy) is 1. The van der Waals surface area contributed by atoms with Gasteiger partial charge in [0.05, 0.1) is 5.69 Å². The Morgan fingerprint density at radius 1 is 0.917 bits per heavy atom. The molecule has 124 valence electrons. The highest BCUT2D eigenvalue weighted by molar-refractivity contribution is 5.83. The Balaban J connectivity index is 1.91. The first-order valence-electron chi connectivity index (χ1n) is 8.41. The first-order valence-corrected chi connectivity index (χ1v) is 8.41. The van der Waals surface area contributed by atoms with E-state index in [1.807, 2.05) is 68.4 Å². The second-order valence-electron chi connectivity index (χ2n) is 6.09. The zero-order valence-corrected chi connectivity index (χ0v) is 14.1. The lowest BCUT2D eigenvalue weighted by Crippen LogP contribution is -2.28. The normalized spacial score (nSPS) is 11.6. The van der Waals surface area contributed by atoms with Crippen LogP contribution in [0.5, 0.6) is 11.6 Å². The fourth-order valence-corrected chi connectivity index (χ4v) is 2.99. The minimum atomic E-state index is -0.525. The van der Waals surface area contributed by atoms with Crippen LogP contribution in [-0.2, 0) is 5.41 Å². The summed E-state index contributed by atoms with van der Waals surface area (Å²) in [6, 6.07) is 19.7. The lowest BCUT2D eigenvalue weighted by molar-refractivity contribution is 0.277. The summed E-state index contributed by atoms with van der Waals surface area (Å²) < 4.78 is 19.6. The van der Waals surface area contributed by atoms with Crippen LogP contribution < -0.4 is 4.74 Å². The second kappa shape index (κ2) is 7.00. The summed E-state index contributed by atoms with van der Waals surface area (Å²) in [6.07, 6.45) is 1.43. The number of nitrogens with zero attached hydrogens (tertiary/aromatic N) is 1. The Morgan fingerprint density at radius 3 is 2.38 bits per heavy atom. The monoisotopic (exact) mass is 323 g/mol. The summed E-state index contributed by atoms with van der Waals surface area (Å²) in [5, 5.41) is 2.28. The molecule has 0 fully saturated rings. The van der Waals surface area contributed by atoms with E-state index in [1.165, 1.54) is 5.39 Å². The van der Waals surface area contributed by atoms with Gasteiger partial charge in [0, 0.05) is 11.5 Å². The molecule has 0 aliphatic carbocycles. The van der Waals surface area contributed by atoms with Crippen molar-refractivity contribution in [1.82, 2.24) is 4.98 Å². The highest BCUT2D eigenvalue weighted by Crippen LogP contribution is 2.33. The summed E-state index contributed by atoms with van der Waals surface area (Å²) >= 11 is 0. The maximum Gasteiger partial charge on any atom is 0.219 e. The van der Waals surface area contributed by atoms with Crippen LogP contribution in [0.15, 0.2) is 60.7 Å². The van der Waals surface area contributed by atoms with Gasteiger partial charge in [-0.3, -0.25) is 4.39 Å². The van der Waals surface area contributed by atoms with E-state index in [-0.39, 0.29) is 0 Å². The molecule has 3 rings (SSSR count). The molecule has 0 aliphatic rings. The number of pyridine rings is 1. The third-order valence-corrected chi connectivity index (χ3v) is 4.82. The average Bonchev–Trinajstić information content (AvgIpc) is 2.64. The predicted molar refractivity (Wildman–Crippen MR) is 96.5 cm³/mol. The van der Waals surface area contributed by atoms with E-state index in [1.54, 1.807) is 0 Å². The second-order valence-corrected chi connectivity index (χ2v) is 6.09. The third kappa shape index (κ3) is 3.12. The molecule has 0 radical (unpaired) electrons. The highest BCUT2D eigenvalue weighted by Gasteiger charge is 2.30. The molecular formula is C21H22FNO. The van der Waals surface area contributed by atoms with Crippen molar-refractivity contribution in [2.45, 2.75) is 32.1 Å². The van der Waals surface area contributed by atoms with E-state index in [4.69, 9.17) is 4.74 Å². The summed E-state index contributed by atoms with van der Waals surface area (Å²) in [5.41, 5.74) is 0.233. The van der Waals surface area contributed by atoms with E-state index in [2.05, 4.69) is 11.1 Å². The first-order chi connectivity index (χ1) is 11.7. The smallest absolute Gasteiger partial charge is 0.219 e. The molecule has 1 heterocycles. The maximum atomic E-state index is 13.7. The van der Waals surface area contributed by atoms with Crippen LogP contribution in [0, 0.1) is 0 Å². The van der Waals surface area contributed by atoms with E-state index in [9.17, 15) is 4.39 Å². The molecule has 1 aromatic heterocycles. The van der Waals surface area contributed by atoms with Crippen LogP contribution in [0.25, 0.3) is 10.8 Å². The molecule has 2 nitrogen and oxygen atoms in total. The zero-order valence-electron chi connectivity index (χ0n) is 14.1. The van der Waals surface area contributed by atoms with E-state index in [0.29, 0.717) is 18.7 Å². The lowest BCUT2D eigenvalue weighted by atomic mass is 9.80. The molecule has 0 saturated carbocycles. The quantitative estimate of drug-likeness (QED) is 0.550. The predicted octanol–water partition coefficient (Wildman–Crippen LogP) is 6.05. The number of rotatable bonds is 6. The van der Waals surface area contributed by atoms with E-state index >= 15 is 0 Å². The summed E-state index contributed by atoms with van der Waals surface area (Å²) in [7, 11) is 0. The van der Waals surface area contributed by atoms with Gasteiger partial charge in [0.2, 0.25) is 5.88 Å². The van der Waals surface area contributed by atoms with Gasteiger partial charge in [-0.15, -0.1) is 0 Å². The van der Waals surface area contributed by atoms with Crippen molar-refractivity contribution < 1.29 is 9.13 Å². The number of hydrogen-bond donors (Lipinski definition) is 0. The van der Waals surface area contributed by atoms with Crippen molar-refractivity contribution in [3.8, 4) is 11.6 Å². The fraction of sp³-hybridized carbons (Fsp3) is 0.286. The van der Waals surface area contributed by atoms with Gasteiger partial charge in [-0.1, -0.05) is 50.2 Å². The number of hydrogen-bond acceptors (Lipinski definition) is 2. The molecule has 0 amide bonds. The Morgan fingerprint density at radius 2 is 1.67 bits per heavy atom. The molecule has 0 atom stereocenters. The van der Waals surface area contributed by atoms with Gasteiger partial charge in [0.1, 0.15) is 12.4 Å². The van der Waals surface area contributed by atoms with Gasteiger partial charge in [-0.05, 0) is 41.8 Å². The minimum Gasteiger partial charge on any atom is -0.439 e. The van der Waals surface area contributed by atoms with Crippen molar-refractivity contribution >= 4 is 10.8 Å². The van der Waals surface area contributed by atoms with Crippen LogP contribution >= 0.6 is 0 Å². The van der Waals surface area contributed by atoms with Crippen LogP contribution in [0.2, 0.25) is 0 Å². The number of aromatic nitrogens is 1. The van der Waals surface area contributed by atoms with Gasteiger partial charge >= 0.3 is 0 Å². The van der Waals surface area contributed by atoms with Crippen molar-refractivity contribution in [3.63, 3.8) is 0 Å². The van der Waals surface area contributed by atoms with Gasteiger partial charge in [-0.25, -0.2) is 4.98 Å². The molecule has 0 spiro atoms.